The molecule has 0 aliphatic heterocycles. The molecule has 0 amide bonds. The second-order valence-corrected chi connectivity index (χ2v) is 5.31. The van der Waals surface area contributed by atoms with Gasteiger partial charge in [0, 0.05) is 39.7 Å². The Balaban J connectivity index is 2.76. The van der Waals surface area contributed by atoms with Crippen LogP contribution in [0.15, 0.2) is 4.47 Å². The van der Waals surface area contributed by atoms with Gasteiger partial charge in [-0.15, -0.1) is 11.6 Å². The Hall–Kier alpha value is -0.100. The quantitative estimate of drug-likeness (QED) is 0.682. The summed E-state index contributed by atoms with van der Waals surface area (Å²) in [7, 11) is 3.70. The highest BCUT2D eigenvalue weighted by atomic mass is 79.9. The first-order chi connectivity index (χ1) is 8.63. The van der Waals surface area contributed by atoms with Gasteiger partial charge in [0.15, 0.2) is 0 Å². The molecule has 0 atom stereocenters. The number of alkyl halides is 1. The van der Waals surface area contributed by atoms with Crippen molar-refractivity contribution < 1.29 is 4.74 Å². The van der Waals surface area contributed by atoms with Crippen LogP contribution in [0.2, 0.25) is 0 Å². The minimum absolute atomic E-state index is 0.625. The predicted molar refractivity (Wildman–Crippen MR) is 78.2 cm³/mol. The molecule has 0 aromatic carbocycles. The molecule has 0 unspecified atom stereocenters. The fraction of sp³-hybridized carbons (Fsp3) is 0.750. The van der Waals surface area contributed by atoms with E-state index in [1.165, 1.54) is 5.69 Å². The van der Waals surface area contributed by atoms with Gasteiger partial charge in [0.25, 0.3) is 0 Å². The van der Waals surface area contributed by atoms with Crippen molar-refractivity contribution in [2.45, 2.75) is 19.9 Å². The zero-order chi connectivity index (χ0) is 13.5. The molecule has 4 nitrogen and oxygen atoms in total. The zero-order valence-corrected chi connectivity index (χ0v) is 13.6. The summed E-state index contributed by atoms with van der Waals surface area (Å²) in [6.45, 7) is 5.39. The van der Waals surface area contributed by atoms with Crippen LogP contribution in [0.1, 0.15) is 18.3 Å². The minimum Gasteiger partial charge on any atom is -0.383 e. The summed E-state index contributed by atoms with van der Waals surface area (Å²) in [6, 6.07) is 0. The highest BCUT2D eigenvalue weighted by Crippen LogP contribution is 2.22. The lowest BCUT2D eigenvalue weighted by Gasteiger charge is -2.21. The van der Waals surface area contributed by atoms with Gasteiger partial charge in [0.05, 0.1) is 22.5 Å². The Bertz CT molecular complexity index is 370. The summed E-state index contributed by atoms with van der Waals surface area (Å²) in [5.74, 6) is 0.625. The highest BCUT2D eigenvalue weighted by molar-refractivity contribution is 9.10. The first kappa shape index (κ1) is 16.0. The Morgan fingerprint density at radius 3 is 2.67 bits per heavy atom. The average molecular weight is 339 g/mol. The standard InChI is InChI=1S/C12H21BrClN3O/c1-4-10-12(13)11(16(2)15-10)9-17(6-5-14)7-8-18-3/h4-9H2,1-3H3. The van der Waals surface area contributed by atoms with E-state index in [0.29, 0.717) is 12.5 Å². The lowest BCUT2D eigenvalue weighted by atomic mass is 10.3. The van der Waals surface area contributed by atoms with Gasteiger partial charge >= 0.3 is 0 Å². The molecule has 6 heteroatoms. The van der Waals surface area contributed by atoms with Crippen molar-refractivity contribution in [1.29, 1.82) is 0 Å². The third-order valence-electron chi connectivity index (χ3n) is 2.89. The van der Waals surface area contributed by atoms with Crippen molar-refractivity contribution in [3.05, 3.63) is 15.9 Å². The number of aryl methyl sites for hydroxylation is 2. The number of hydrogen-bond donors (Lipinski definition) is 0. The van der Waals surface area contributed by atoms with Gasteiger partial charge < -0.3 is 4.74 Å². The van der Waals surface area contributed by atoms with E-state index < -0.39 is 0 Å². The van der Waals surface area contributed by atoms with Crippen LogP contribution in [0.5, 0.6) is 0 Å². The monoisotopic (exact) mass is 337 g/mol. The maximum atomic E-state index is 5.84. The topological polar surface area (TPSA) is 30.3 Å². The number of ether oxygens (including phenoxy) is 1. The van der Waals surface area contributed by atoms with Crippen LogP contribution in [0.4, 0.5) is 0 Å². The minimum atomic E-state index is 0.625. The average Bonchev–Trinajstić information content (AvgIpc) is 2.63. The van der Waals surface area contributed by atoms with E-state index >= 15 is 0 Å². The normalized spacial score (nSPS) is 11.4. The summed E-state index contributed by atoms with van der Waals surface area (Å²) in [5.41, 5.74) is 2.29. The number of hydrogen-bond acceptors (Lipinski definition) is 3. The van der Waals surface area contributed by atoms with Crippen LogP contribution in [0.3, 0.4) is 0 Å². The van der Waals surface area contributed by atoms with E-state index in [4.69, 9.17) is 16.3 Å². The van der Waals surface area contributed by atoms with Crippen LogP contribution < -0.4 is 0 Å². The molecule has 0 bridgehead atoms. The van der Waals surface area contributed by atoms with Gasteiger partial charge in [-0.2, -0.15) is 5.10 Å². The fourth-order valence-electron chi connectivity index (χ4n) is 1.81. The van der Waals surface area contributed by atoms with Gasteiger partial charge in [-0.3, -0.25) is 9.58 Å². The highest BCUT2D eigenvalue weighted by Gasteiger charge is 2.15. The van der Waals surface area contributed by atoms with Gasteiger partial charge in [-0.1, -0.05) is 6.92 Å². The summed E-state index contributed by atoms with van der Waals surface area (Å²) in [4.78, 5) is 2.28. The number of nitrogens with zero attached hydrogens (tertiary/aromatic N) is 3. The lowest BCUT2D eigenvalue weighted by Crippen LogP contribution is -2.30. The molecule has 0 aliphatic rings. The van der Waals surface area contributed by atoms with Gasteiger partial charge in [0.1, 0.15) is 0 Å². The third-order valence-corrected chi connectivity index (χ3v) is 3.97. The Morgan fingerprint density at radius 1 is 1.44 bits per heavy atom. The maximum Gasteiger partial charge on any atom is 0.0767 e. The van der Waals surface area contributed by atoms with E-state index in [9.17, 15) is 0 Å². The summed E-state index contributed by atoms with van der Waals surface area (Å²) >= 11 is 9.47. The van der Waals surface area contributed by atoms with Crippen LogP contribution in [0.25, 0.3) is 0 Å². The summed E-state index contributed by atoms with van der Waals surface area (Å²) in [6.07, 6.45) is 0.933. The van der Waals surface area contributed by atoms with E-state index in [-0.39, 0.29) is 0 Å². The molecule has 1 aromatic rings. The smallest absolute Gasteiger partial charge is 0.0767 e. The molecular weight excluding hydrogens is 318 g/mol. The largest absolute Gasteiger partial charge is 0.383 e. The lowest BCUT2D eigenvalue weighted by molar-refractivity contribution is 0.146. The van der Waals surface area contributed by atoms with E-state index in [1.54, 1.807) is 7.11 Å². The van der Waals surface area contributed by atoms with Crippen LogP contribution in [-0.4, -0.2) is 47.4 Å². The SMILES string of the molecule is CCc1nn(C)c(CN(CCCl)CCOC)c1Br. The molecule has 0 radical (unpaired) electrons. The molecular formula is C12H21BrClN3O. The number of rotatable bonds is 8. The zero-order valence-electron chi connectivity index (χ0n) is 11.2. The predicted octanol–water partition coefficient (Wildman–Crippen LogP) is 2.43. The Morgan fingerprint density at radius 2 is 2.17 bits per heavy atom. The number of methoxy groups -OCH3 is 1. The van der Waals surface area contributed by atoms with Crippen LogP contribution in [-0.2, 0) is 24.8 Å². The fourth-order valence-corrected chi connectivity index (χ4v) is 2.79. The number of aromatic nitrogens is 2. The van der Waals surface area contributed by atoms with Crippen molar-refractivity contribution >= 4 is 27.5 Å². The third kappa shape index (κ3) is 4.23. The van der Waals surface area contributed by atoms with E-state index in [0.717, 1.165) is 36.2 Å². The second-order valence-electron chi connectivity index (χ2n) is 4.14. The van der Waals surface area contributed by atoms with Crippen LogP contribution >= 0.6 is 27.5 Å². The van der Waals surface area contributed by atoms with Crippen molar-refractivity contribution in [1.82, 2.24) is 14.7 Å². The summed E-state index contributed by atoms with van der Waals surface area (Å²) in [5, 5.41) is 4.50. The van der Waals surface area contributed by atoms with Crippen LogP contribution in [0, 0.1) is 0 Å². The molecule has 0 saturated heterocycles. The van der Waals surface area contributed by atoms with E-state index in [1.807, 2.05) is 11.7 Å². The second kappa shape index (κ2) is 8.15. The first-order valence-corrected chi connectivity index (χ1v) is 7.44. The molecule has 0 N–H and O–H groups in total. The summed E-state index contributed by atoms with van der Waals surface area (Å²) < 4.78 is 8.18. The van der Waals surface area contributed by atoms with Crippen molar-refractivity contribution in [2.75, 3.05) is 32.7 Å². The molecule has 1 heterocycles. The molecule has 0 aliphatic carbocycles. The van der Waals surface area contributed by atoms with Gasteiger partial charge in [-0.05, 0) is 22.4 Å². The maximum absolute atomic E-state index is 5.84. The molecule has 0 saturated carbocycles. The molecule has 0 spiro atoms. The molecule has 18 heavy (non-hydrogen) atoms. The van der Waals surface area contributed by atoms with E-state index in [2.05, 4.69) is 32.9 Å². The molecule has 1 rings (SSSR count). The number of halogens is 2. The first-order valence-electron chi connectivity index (χ1n) is 6.11. The Labute approximate surface area is 122 Å². The molecule has 0 fully saturated rings. The van der Waals surface area contributed by atoms with Crippen molar-refractivity contribution in [3.63, 3.8) is 0 Å². The van der Waals surface area contributed by atoms with Crippen molar-refractivity contribution in [2.24, 2.45) is 7.05 Å². The van der Waals surface area contributed by atoms with Crippen molar-refractivity contribution in [3.8, 4) is 0 Å². The van der Waals surface area contributed by atoms with Gasteiger partial charge in [-0.25, -0.2) is 0 Å². The molecule has 104 valence electrons. The van der Waals surface area contributed by atoms with Gasteiger partial charge in [0.2, 0.25) is 0 Å². The molecule has 1 aromatic heterocycles. The Kier molecular flexibility index (Phi) is 7.22.